The average molecular weight is 258 g/mol. The lowest BCUT2D eigenvalue weighted by atomic mass is 10.1. The lowest BCUT2D eigenvalue weighted by Gasteiger charge is -2.09. The number of hydrogen-bond acceptors (Lipinski definition) is 4. The van der Waals surface area contributed by atoms with Gasteiger partial charge in [0.05, 0.1) is 13.3 Å². The minimum Gasteiger partial charge on any atom is -0.497 e. The van der Waals surface area contributed by atoms with Crippen LogP contribution in [-0.4, -0.2) is 18.1 Å². The summed E-state index contributed by atoms with van der Waals surface area (Å²) in [5.41, 5.74) is 6.85. The summed E-state index contributed by atoms with van der Waals surface area (Å²) < 4.78 is 10.9. The number of benzene rings is 1. The summed E-state index contributed by atoms with van der Waals surface area (Å²) in [7, 11) is 1.63. The molecule has 0 aliphatic heterocycles. The molecule has 0 amide bonds. The number of nitrogens with two attached hydrogens (primary N) is 1. The number of nitrogens with zero attached hydrogens (tertiary/aromatic N) is 1. The quantitative estimate of drug-likeness (QED) is 0.896. The maximum absolute atomic E-state index is 5.78. The van der Waals surface area contributed by atoms with E-state index in [1.807, 2.05) is 43.5 Å². The third kappa shape index (κ3) is 3.96. The molecule has 0 bridgehead atoms. The van der Waals surface area contributed by atoms with Crippen LogP contribution in [-0.2, 0) is 6.42 Å². The number of pyridine rings is 1. The van der Waals surface area contributed by atoms with Crippen molar-refractivity contribution in [2.75, 3.05) is 7.11 Å². The molecular weight excluding hydrogens is 240 g/mol. The van der Waals surface area contributed by atoms with Crippen LogP contribution in [0.4, 0.5) is 0 Å². The Bertz CT molecular complexity index is 541. The molecule has 100 valence electrons. The van der Waals surface area contributed by atoms with Crippen LogP contribution in [0.2, 0.25) is 0 Å². The van der Waals surface area contributed by atoms with Gasteiger partial charge in [0.2, 0.25) is 0 Å². The third-order valence-corrected chi connectivity index (χ3v) is 2.60. The second-order valence-corrected chi connectivity index (χ2v) is 4.49. The van der Waals surface area contributed by atoms with Crippen LogP contribution in [0.15, 0.2) is 42.7 Å². The van der Waals surface area contributed by atoms with Gasteiger partial charge < -0.3 is 15.2 Å². The zero-order chi connectivity index (χ0) is 13.7. The minimum absolute atomic E-state index is 0.105. The topological polar surface area (TPSA) is 57.4 Å². The first-order valence-electron chi connectivity index (χ1n) is 6.19. The fourth-order valence-electron chi connectivity index (χ4n) is 1.80. The Morgan fingerprint density at radius 2 is 1.95 bits per heavy atom. The van der Waals surface area contributed by atoms with Gasteiger partial charge in [-0.25, -0.2) is 0 Å². The van der Waals surface area contributed by atoms with Gasteiger partial charge in [-0.15, -0.1) is 0 Å². The van der Waals surface area contributed by atoms with Gasteiger partial charge in [-0.1, -0.05) is 6.07 Å². The predicted molar refractivity (Wildman–Crippen MR) is 74.7 cm³/mol. The Hall–Kier alpha value is -2.07. The Balaban J connectivity index is 2.13. The molecule has 0 saturated carbocycles. The van der Waals surface area contributed by atoms with Crippen LogP contribution in [0.25, 0.3) is 0 Å². The molecule has 1 unspecified atom stereocenters. The van der Waals surface area contributed by atoms with Crippen molar-refractivity contribution in [1.82, 2.24) is 4.98 Å². The van der Waals surface area contributed by atoms with Gasteiger partial charge in [-0.3, -0.25) is 4.98 Å². The standard InChI is InChI=1S/C15H18N2O2/c1-11(16)6-12-7-15(10-17-9-12)19-14-5-3-4-13(8-14)18-2/h3-5,7-11H,6,16H2,1-2H3. The van der Waals surface area contributed by atoms with E-state index < -0.39 is 0 Å². The van der Waals surface area contributed by atoms with E-state index >= 15 is 0 Å². The second kappa shape index (κ2) is 6.20. The van der Waals surface area contributed by atoms with Crippen molar-refractivity contribution < 1.29 is 9.47 Å². The van der Waals surface area contributed by atoms with E-state index in [-0.39, 0.29) is 6.04 Å². The van der Waals surface area contributed by atoms with Crippen molar-refractivity contribution in [2.24, 2.45) is 5.73 Å². The SMILES string of the molecule is COc1cccc(Oc2cncc(CC(C)N)c2)c1. The molecule has 2 rings (SSSR count). The van der Waals surface area contributed by atoms with Gasteiger partial charge in [0.1, 0.15) is 17.2 Å². The van der Waals surface area contributed by atoms with Crippen molar-refractivity contribution in [1.29, 1.82) is 0 Å². The van der Waals surface area contributed by atoms with E-state index in [2.05, 4.69) is 4.98 Å². The summed E-state index contributed by atoms with van der Waals surface area (Å²) in [6.07, 6.45) is 4.27. The van der Waals surface area contributed by atoms with Crippen LogP contribution >= 0.6 is 0 Å². The van der Waals surface area contributed by atoms with Gasteiger partial charge in [0, 0.05) is 18.3 Å². The van der Waals surface area contributed by atoms with Gasteiger partial charge in [-0.2, -0.15) is 0 Å². The molecule has 0 spiro atoms. The first-order chi connectivity index (χ1) is 9.17. The normalized spacial score (nSPS) is 11.9. The highest BCUT2D eigenvalue weighted by molar-refractivity contribution is 5.36. The second-order valence-electron chi connectivity index (χ2n) is 4.49. The Morgan fingerprint density at radius 3 is 2.68 bits per heavy atom. The van der Waals surface area contributed by atoms with E-state index in [1.165, 1.54) is 0 Å². The van der Waals surface area contributed by atoms with E-state index in [0.717, 1.165) is 23.5 Å². The van der Waals surface area contributed by atoms with E-state index in [9.17, 15) is 0 Å². The highest BCUT2D eigenvalue weighted by Gasteiger charge is 2.03. The maximum Gasteiger partial charge on any atom is 0.145 e. The number of rotatable bonds is 5. The zero-order valence-corrected chi connectivity index (χ0v) is 11.2. The molecular formula is C15H18N2O2. The van der Waals surface area contributed by atoms with Gasteiger partial charge in [-0.05, 0) is 37.1 Å². The smallest absolute Gasteiger partial charge is 0.145 e. The van der Waals surface area contributed by atoms with Crippen LogP contribution in [0, 0.1) is 0 Å². The third-order valence-electron chi connectivity index (χ3n) is 2.60. The average Bonchev–Trinajstić information content (AvgIpc) is 2.38. The summed E-state index contributed by atoms with van der Waals surface area (Å²) in [5, 5.41) is 0. The molecule has 1 heterocycles. The van der Waals surface area contributed by atoms with E-state index in [1.54, 1.807) is 13.3 Å². The van der Waals surface area contributed by atoms with E-state index in [4.69, 9.17) is 15.2 Å². The predicted octanol–water partition coefficient (Wildman–Crippen LogP) is 2.77. The lowest BCUT2D eigenvalue weighted by Crippen LogP contribution is -2.17. The fourth-order valence-corrected chi connectivity index (χ4v) is 1.80. The highest BCUT2D eigenvalue weighted by atomic mass is 16.5. The molecule has 2 aromatic rings. The summed E-state index contributed by atoms with van der Waals surface area (Å²) in [6, 6.07) is 9.52. The fraction of sp³-hybridized carbons (Fsp3) is 0.267. The maximum atomic E-state index is 5.78. The Labute approximate surface area is 113 Å². The monoisotopic (exact) mass is 258 g/mol. The first-order valence-corrected chi connectivity index (χ1v) is 6.19. The van der Waals surface area contributed by atoms with Crippen LogP contribution in [0.1, 0.15) is 12.5 Å². The molecule has 1 aromatic heterocycles. The van der Waals surface area contributed by atoms with Crippen LogP contribution < -0.4 is 15.2 Å². The van der Waals surface area contributed by atoms with Gasteiger partial charge in [0.15, 0.2) is 0 Å². The Kier molecular flexibility index (Phi) is 4.36. The molecule has 0 aliphatic carbocycles. The zero-order valence-electron chi connectivity index (χ0n) is 11.2. The molecule has 0 radical (unpaired) electrons. The number of hydrogen-bond donors (Lipinski definition) is 1. The molecule has 0 saturated heterocycles. The molecule has 4 nitrogen and oxygen atoms in total. The summed E-state index contributed by atoms with van der Waals surface area (Å²) in [6.45, 7) is 1.97. The molecule has 2 N–H and O–H groups in total. The molecule has 19 heavy (non-hydrogen) atoms. The van der Waals surface area contributed by atoms with Crippen molar-refractivity contribution in [3.05, 3.63) is 48.3 Å². The van der Waals surface area contributed by atoms with Crippen molar-refractivity contribution in [3.8, 4) is 17.2 Å². The largest absolute Gasteiger partial charge is 0.497 e. The lowest BCUT2D eigenvalue weighted by molar-refractivity contribution is 0.409. The molecule has 1 aromatic carbocycles. The molecule has 0 fully saturated rings. The van der Waals surface area contributed by atoms with Crippen molar-refractivity contribution >= 4 is 0 Å². The van der Waals surface area contributed by atoms with Gasteiger partial charge >= 0.3 is 0 Å². The summed E-state index contributed by atoms with van der Waals surface area (Å²) in [4.78, 5) is 4.16. The summed E-state index contributed by atoms with van der Waals surface area (Å²) in [5.74, 6) is 2.18. The number of aromatic nitrogens is 1. The summed E-state index contributed by atoms with van der Waals surface area (Å²) >= 11 is 0. The van der Waals surface area contributed by atoms with Crippen LogP contribution in [0.5, 0.6) is 17.2 Å². The Morgan fingerprint density at radius 1 is 1.16 bits per heavy atom. The van der Waals surface area contributed by atoms with Crippen molar-refractivity contribution in [2.45, 2.75) is 19.4 Å². The van der Waals surface area contributed by atoms with Gasteiger partial charge in [0.25, 0.3) is 0 Å². The molecule has 1 atom stereocenters. The highest BCUT2D eigenvalue weighted by Crippen LogP contribution is 2.25. The number of methoxy groups -OCH3 is 1. The van der Waals surface area contributed by atoms with Crippen LogP contribution in [0.3, 0.4) is 0 Å². The molecule has 0 aliphatic rings. The molecule has 4 heteroatoms. The number of ether oxygens (including phenoxy) is 2. The van der Waals surface area contributed by atoms with E-state index in [0.29, 0.717) is 5.75 Å². The minimum atomic E-state index is 0.105. The first kappa shape index (κ1) is 13.4. The van der Waals surface area contributed by atoms with Crippen molar-refractivity contribution in [3.63, 3.8) is 0 Å².